The second-order valence-corrected chi connectivity index (χ2v) is 6.66. The lowest BCUT2D eigenvalue weighted by atomic mass is 10.1. The SMILES string of the molecule is CC(c1ccccc1)N1C(=O)C(=O)N(CC(=O)NCCc2ccc(F)cc2)C1=O. The van der Waals surface area contributed by atoms with Gasteiger partial charge < -0.3 is 5.32 Å². The van der Waals surface area contributed by atoms with Gasteiger partial charge >= 0.3 is 17.8 Å². The molecule has 5 amide bonds. The Bertz CT molecular complexity index is 931. The number of nitrogens with zero attached hydrogens (tertiary/aromatic N) is 2. The number of halogens is 1. The molecule has 150 valence electrons. The normalized spacial score (nSPS) is 15.0. The third-order valence-electron chi connectivity index (χ3n) is 4.70. The zero-order valence-electron chi connectivity index (χ0n) is 15.8. The quantitative estimate of drug-likeness (QED) is 0.572. The highest BCUT2D eigenvalue weighted by Crippen LogP contribution is 2.25. The third-order valence-corrected chi connectivity index (χ3v) is 4.70. The van der Waals surface area contributed by atoms with E-state index < -0.39 is 36.3 Å². The van der Waals surface area contributed by atoms with Crippen molar-refractivity contribution >= 4 is 23.8 Å². The molecule has 0 saturated carbocycles. The molecule has 2 aromatic rings. The lowest BCUT2D eigenvalue weighted by Gasteiger charge is -2.22. The number of rotatable bonds is 7. The van der Waals surface area contributed by atoms with Crippen molar-refractivity contribution in [3.8, 4) is 0 Å². The van der Waals surface area contributed by atoms with Gasteiger partial charge in [-0.15, -0.1) is 0 Å². The second kappa shape index (κ2) is 8.64. The Balaban J connectivity index is 1.58. The summed E-state index contributed by atoms with van der Waals surface area (Å²) in [6, 6.07) is 13.3. The van der Waals surface area contributed by atoms with Crippen molar-refractivity contribution in [3.05, 3.63) is 71.5 Å². The van der Waals surface area contributed by atoms with E-state index in [0.29, 0.717) is 16.9 Å². The number of hydrogen-bond acceptors (Lipinski definition) is 4. The van der Waals surface area contributed by atoms with Gasteiger partial charge in [-0.2, -0.15) is 0 Å². The van der Waals surface area contributed by atoms with Gasteiger partial charge in [0.05, 0.1) is 6.04 Å². The molecule has 1 saturated heterocycles. The molecule has 0 radical (unpaired) electrons. The average Bonchev–Trinajstić information content (AvgIpc) is 2.93. The predicted octanol–water partition coefficient (Wildman–Crippen LogP) is 2.04. The molecule has 0 spiro atoms. The fraction of sp³-hybridized carbons (Fsp3) is 0.238. The largest absolute Gasteiger partial charge is 0.354 e. The maximum Gasteiger partial charge on any atom is 0.335 e. The molecule has 1 N–H and O–H groups in total. The highest BCUT2D eigenvalue weighted by molar-refractivity contribution is 6.45. The zero-order chi connectivity index (χ0) is 21.0. The topological polar surface area (TPSA) is 86.8 Å². The average molecular weight is 397 g/mol. The monoisotopic (exact) mass is 397 g/mol. The first-order valence-electron chi connectivity index (χ1n) is 9.13. The van der Waals surface area contributed by atoms with E-state index in [1.54, 1.807) is 49.4 Å². The Hall–Kier alpha value is -3.55. The van der Waals surface area contributed by atoms with Crippen LogP contribution >= 0.6 is 0 Å². The van der Waals surface area contributed by atoms with E-state index in [1.165, 1.54) is 12.1 Å². The van der Waals surface area contributed by atoms with Crippen molar-refractivity contribution in [3.63, 3.8) is 0 Å². The van der Waals surface area contributed by atoms with Crippen molar-refractivity contribution in [2.45, 2.75) is 19.4 Å². The van der Waals surface area contributed by atoms with E-state index in [4.69, 9.17) is 0 Å². The molecule has 3 rings (SSSR count). The summed E-state index contributed by atoms with van der Waals surface area (Å²) in [6.07, 6.45) is 0.462. The molecule has 0 bridgehead atoms. The smallest absolute Gasteiger partial charge is 0.335 e. The number of amides is 5. The predicted molar refractivity (Wildman–Crippen MR) is 102 cm³/mol. The summed E-state index contributed by atoms with van der Waals surface area (Å²) < 4.78 is 12.9. The summed E-state index contributed by atoms with van der Waals surface area (Å²) in [5.74, 6) is -2.88. The zero-order valence-corrected chi connectivity index (χ0v) is 15.8. The highest BCUT2D eigenvalue weighted by Gasteiger charge is 2.47. The van der Waals surface area contributed by atoms with Crippen LogP contribution in [0.1, 0.15) is 24.1 Å². The van der Waals surface area contributed by atoms with Crippen molar-refractivity contribution in [2.24, 2.45) is 0 Å². The number of nitrogens with one attached hydrogen (secondary N) is 1. The Kier molecular flexibility index (Phi) is 6.01. The van der Waals surface area contributed by atoms with E-state index >= 15 is 0 Å². The number of benzene rings is 2. The van der Waals surface area contributed by atoms with Crippen LogP contribution in [0.4, 0.5) is 9.18 Å². The molecule has 1 aliphatic rings. The fourth-order valence-corrected chi connectivity index (χ4v) is 3.08. The van der Waals surface area contributed by atoms with Crippen molar-refractivity contribution in [1.82, 2.24) is 15.1 Å². The van der Waals surface area contributed by atoms with Gasteiger partial charge in [-0.3, -0.25) is 14.4 Å². The van der Waals surface area contributed by atoms with Crippen LogP contribution in [0.15, 0.2) is 54.6 Å². The molecule has 1 fully saturated rings. The molecule has 2 aromatic carbocycles. The summed E-state index contributed by atoms with van der Waals surface area (Å²) in [5, 5.41) is 2.60. The summed E-state index contributed by atoms with van der Waals surface area (Å²) in [6.45, 7) is 1.36. The number of carbonyl (C=O) groups excluding carboxylic acids is 4. The van der Waals surface area contributed by atoms with E-state index in [0.717, 1.165) is 10.5 Å². The first-order chi connectivity index (χ1) is 13.9. The van der Waals surface area contributed by atoms with Gasteiger partial charge in [0.15, 0.2) is 0 Å². The van der Waals surface area contributed by atoms with Gasteiger partial charge in [0.2, 0.25) is 5.91 Å². The van der Waals surface area contributed by atoms with Crippen molar-refractivity contribution < 1.29 is 23.6 Å². The van der Waals surface area contributed by atoms with Crippen LogP contribution in [0.2, 0.25) is 0 Å². The van der Waals surface area contributed by atoms with Crippen LogP contribution < -0.4 is 5.32 Å². The Morgan fingerprint density at radius 1 is 1.00 bits per heavy atom. The van der Waals surface area contributed by atoms with Gasteiger partial charge in [-0.25, -0.2) is 19.0 Å². The van der Waals surface area contributed by atoms with E-state index in [2.05, 4.69) is 5.32 Å². The van der Waals surface area contributed by atoms with E-state index in [1.807, 2.05) is 0 Å². The molecule has 1 atom stereocenters. The van der Waals surface area contributed by atoms with Crippen molar-refractivity contribution in [1.29, 1.82) is 0 Å². The number of carbonyl (C=O) groups is 4. The highest BCUT2D eigenvalue weighted by atomic mass is 19.1. The molecule has 1 heterocycles. The molecular formula is C21H20FN3O4. The van der Waals surface area contributed by atoms with Crippen molar-refractivity contribution in [2.75, 3.05) is 13.1 Å². The van der Waals surface area contributed by atoms with Gasteiger partial charge in [0.25, 0.3) is 0 Å². The summed E-state index contributed by atoms with van der Waals surface area (Å²) >= 11 is 0. The summed E-state index contributed by atoms with van der Waals surface area (Å²) in [7, 11) is 0. The lowest BCUT2D eigenvalue weighted by Crippen LogP contribution is -2.42. The van der Waals surface area contributed by atoms with Gasteiger partial charge in [0, 0.05) is 6.54 Å². The first kappa shape index (κ1) is 20.2. The van der Waals surface area contributed by atoms with Gasteiger partial charge in [-0.1, -0.05) is 42.5 Å². The molecule has 1 unspecified atom stereocenters. The molecule has 0 aliphatic carbocycles. The van der Waals surface area contributed by atoms with Crippen LogP contribution in [-0.4, -0.2) is 46.6 Å². The second-order valence-electron chi connectivity index (χ2n) is 6.66. The van der Waals surface area contributed by atoms with Crippen LogP contribution in [0, 0.1) is 5.82 Å². The Morgan fingerprint density at radius 3 is 2.31 bits per heavy atom. The van der Waals surface area contributed by atoms with Gasteiger partial charge in [0.1, 0.15) is 12.4 Å². The maximum absolute atomic E-state index is 12.9. The van der Waals surface area contributed by atoms with Gasteiger partial charge in [-0.05, 0) is 36.6 Å². The minimum absolute atomic E-state index is 0.249. The minimum atomic E-state index is -1.02. The lowest BCUT2D eigenvalue weighted by molar-refractivity contribution is -0.144. The molecular weight excluding hydrogens is 377 g/mol. The molecule has 1 aliphatic heterocycles. The van der Waals surface area contributed by atoms with Crippen LogP contribution in [0.5, 0.6) is 0 Å². The Morgan fingerprint density at radius 2 is 1.66 bits per heavy atom. The molecule has 7 nitrogen and oxygen atoms in total. The number of hydrogen-bond donors (Lipinski definition) is 1. The molecule has 29 heavy (non-hydrogen) atoms. The Labute approximate surface area is 167 Å². The summed E-state index contributed by atoms with van der Waals surface area (Å²) in [5.41, 5.74) is 1.53. The maximum atomic E-state index is 12.9. The van der Waals surface area contributed by atoms with E-state index in [-0.39, 0.29) is 12.4 Å². The number of imide groups is 2. The first-order valence-corrected chi connectivity index (χ1v) is 9.13. The minimum Gasteiger partial charge on any atom is -0.354 e. The third kappa shape index (κ3) is 4.48. The van der Waals surface area contributed by atoms with Crippen LogP contribution in [0.25, 0.3) is 0 Å². The fourth-order valence-electron chi connectivity index (χ4n) is 3.08. The van der Waals surface area contributed by atoms with E-state index in [9.17, 15) is 23.6 Å². The summed E-state index contributed by atoms with van der Waals surface area (Å²) in [4.78, 5) is 50.8. The standard InChI is InChI=1S/C21H20FN3O4/c1-14(16-5-3-2-4-6-16)25-20(28)19(27)24(21(25)29)13-18(26)23-12-11-15-7-9-17(22)10-8-15/h2-10,14H,11-13H2,1H3,(H,23,26). The molecule has 0 aromatic heterocycles. The van der Waals surface area contributed by atoms with Crippen LogP contribution in [0.3, 0.4) is 0 Å². The van der Waals surface area contributed by atoms with Crippen LogP contribution in [-0.2, 0) is 20.8 Å². The molecule has 8 heteroatoms. The number of urea groups is 1.